The van der Waals surface area contributed by atoms with Crippen molar-refractivity contribution in [1.82, 2.24) is 10.3 Å². The summed E-state index contributed by atoms with van der Waals surface area (Å²) in [7, 11) is 0. The first-order valence-electron chi connectivity index (χ1n) is 7.24. The molecule has 20 heavy (non-hydrogen) atoms. The van der Waals surface area contributed by atoms with Crippen LogP contribution in [0.5, 0.6) is 5.75 Å². The fourth-order valence-corrected chi connectivity index (χ4v) is 2.60. The minimum absolute atomic E-state index is 0.214. The number of pyridine rings is 1. The normalized spacial score (nSPS) is 22.3. The molecule has 5 heteroatoms. The van der Waals surface area contributed by atoms with Crippen LogP contribution in [0.15, 0.2) is 18.3 Å². The van der Waals surface area contributed by atoms with Crippen molar-refractivity contribution in [3.63, 3.8) is 0 Å². The summed E-state index contributed by atoms with van der Waals surface area (Å²) in [6.07, 6.45) is 5.08. The van der Waals surface area contributed by atoms with Crippen molar-refractivity contribution in [2.75, 3.05) is 13.2 Å². The first-order valence-corrected chi connectivity index (χ1v) is 7.24. The molecule has 0 radical (unpaired) electrons. The van der Waals surface area contributed by atoms with E-state index in [4.69, 9.17) is 4.74 Å². The van der Waals surface area contributed by atoms with Crippen LogP contribution >= 0.6 is 0 Å². The Morgan fingerprint density at radius 1 is 1.55 bits per heavy atom. The van der Waals surface area contributed by atoms with Crippen LogP contribution in [0.2, 0.25) is 0 Å². The van der Waals surface area contributed by atoms with Crippen molar-refractivity contribution in [3.05, 3.63) is 24.0 Å². The number of carbonyl (C=O) groups is 1. The Morgan fingerprint density at radius 3 is 3.15 bits per heavy atom. The number of rotatable bonds is 5. The van der Waals surface area contributed by atoms with Gasteiger partial charge < -0.3 is 15.2 Å². The smallest absolute Gasteiger partial charge is 0.273 e. The van der Waals surface area contributed by atoms with Crippen molar-refractivity contribution in [2.45, 2.75) is 38.7 Å². The second-order valence-electron chi connectivity index (χ2n) is 5.18. The molecule has 1 aliphatic rings. The van der Waals surface area contributed by atoms with Crippen molar-refractivity contribution in [1.29, 1.82) is 0 Å². The number of hydrogen-bond acceptors (Lipinski definition) is 4. The van der Waals surface area contributed by atoms with Crippen LogP contribution in [0, 0.1) is 5.92 Å². The van der Waals surface area contributed by atoms with E-state index >= 15 is 0 Å². The topological polar surface area (TPSA) is 71.5 Å². The quantitative estimate of drug-likeness (QED) is 0.861. The van der Waals surface area contributed by atoms with Crippen molar-refractivity contribution < 1.29 is 14.6 Å². The van der Waals surface area contributed by atoms with Crippen molar-refractivity contribution in [2.24, 2.45) is 5.92 Å². The molecule has 1 aromatic heterocycles. The SMILES string of the molecule is CCOc1cccnc1C(=O)NCC1CCCC(O)C1. The molecule has 2 atom stereocenters. The van der Waals surface area contributed by atoms with Crippen LogP contribution in [0.1, 0.15) is 43.1 Å². The van der Waals surface area contributed by atoms with E-state index in [0.717, 1.165) is 25.7 Å². The molecule has 5 nitrogen and oxygen atoms in total. The van der Waals surface area contributed by atoms with E-state index in [0.29, 0.717) is 30.5 Å². The van der Waals surface area contributed by atoms with Gasteiger partial charge in [0.25, 0.3) is 5.91 Å². The molecular weight excluding hydrogens is 256 g/mol. The molecule has 0 aliphatic heterocycles. The zero-order valence-electron chi connectivity index (χ0n) is 11.8. The Labute approximate surface area is 119 Å². The zero-order valence-corrected chi connectivity index (χ0v) is 11.8. The molecule has 0 bridgehead atoms. The number of carbonyl (C=O) groups excluding carboxylic acids is 1. The van der Waals surface area contributed by atoms with Crippen LogP contribution < -0.4 is 10.1 Å². The minimum Gasteiger partial charge on any atom is -0.491 e. The number of aliphatic hydroxyl groups excluding tert-OH is 1. The summed E-state index contributed by atoms with van der Waals surface area (Å²) in [4.78, 5) is 16.2. The predicted octanol–water partition coefficient (Wildman–Crippen LogP) is 1.76. The molecule has 2 unspecified atom stereocenters. The lowest BCUT2D eigenvalue weighted by Gasteiger charge is -2.25. The molecule has 0 aromatic carbocycles. The lowest BCUT2D eigenvalue weighted by atomic mass is 9.87. The van der Waals surface area contributed by atoms with Gasteiger partial charge >= 0.3 is 0 Å². The summed E-state index contributed by atoms with van der Waals surface area (Å²) >= 11 is 0. The second kappa shape index (κ2) is 7.24. The van der Waals surface area contributed by atoms with E-state index < -0.39 is 0 Å². The van der Waals surface area contributed by atoms with E-state index in [1.54, 1.807) is 18.3 Å². The average molecular weight is 278 g/mol. The van der Waals surface area contributed by atoms with Crippen LogP contribution in [0.4, 0.5) is 0 Å². The van der Waals surface area contributed by atoms with Crippen molar-refractivity contribution >= 4 is 5.91 Å². The molecule has 1 amide bonds. The zero-order chi connectivity index (χ0) is 14.4. The Hall–Kier alpha value is -1.62. The third-order valence-electron chi connectivity index (χ3n) is 3.59. The van der Waals surface area contributed by atoms with E-state index in [-0.39, 0.29) is 12.0 Å². The van der Waals surface area contributed by atoms with Crippen LogP contribution in [-0.4, -0.2) is 35.3 Å². The van der Waals surface area contributed by atoms with E-state index in [1.807, 2.05) is 6.92 Å². The van der Waals surface area contributed by atoms with Gasteiger partial charge in [-0.2, -0.15) is 0 Å². The van der Waals surface area contributed by atoms with E-state index in [2.05, 4.69) is 10.3 Å². The molecular formula is C15H22N2O3. The number of nitrogens with one attached hydrogen (secondary N) is 1. The third-order valence-corrected chi connectivity index (χ3v) is 3.59. The summed E-state index contributed by atoms with van der Waals surface area (Å²) in [5.74, 6) is 0.646. The molecule has 1 aliphatic carbocycles. The van der Waals surface area contributed by atoms with Crippen molar-refractivity contribution in [3.8, 4) is 5.75 Å². The highest BCUT2D eigenvalue weighted by atomic mass is 16.5. The number of nitrogens with zero attached hydrogens (tertiary/aromatic N) is 1. The fraction of sp³-hybridized carbons (Fsp3) is 0.600. The van der Waals surface area contributed by atoms with Gasteiger partial charge in [0.1, 0.15) is 0 Å². The standard InChI is InChI=1S/C15H22N2O3/c1-2-20-13-7-4-8-16-14(13)15(19)17-10-11-5-3-6-12(18)9-11/h4,7-8,11-12,18H,2-3,5-6,9-10H2,1H3,(H,17,19). The lowest BCUT2D eigenvalue weighted by Crippen LogP contribution is -2.33. The molecule has 2 N–H and O–H groups in total. The van der Waals surface area contributed by atoms with Gasteiger partial charge in [0.05, 0.1) is 12.7 Å². The van der Waals surface area contributed by atoms with Crippen LogP contribution in [-0.2, 0) is 0 Å². The lowest BCUT2D eigenvalue weighted by molar-refractivity contribution is 0.0867. The summed E-state index contributed by atoms with van der Waals surface area (Å²) < 4.78 is 5.40. The van der Waals surface area contributed by atoms with E-state index in [9.17, 15) is 9.90 Å². The molecule has 1 fully saturated rings. The Kier molecular flexibility index (Phi) is 5.35. The molecule has 2 rings (SSSR count). The maximum atomic E-state index is 12.1. The maximum absolute atomic E-state index is 12.1. The first-order chi connectivity index (χ1) is 9.70. The van der Waals surface area contributed by atoms with Gasteiger partial charge in [-0.3, -0.25) is 4.79 Å². The third kappa shape index (κ3) is 3.93. The summed E-state index contributed by atoms with van der Waals surface area (Å²) in [5.41, 5.74) is 0.325. The average Bonchev–Trinajstić information content (AvgIpc) is 2.46. The number of ether oxygens (including phenoxy) is 1. The van der Waals surface area contributed by atoms with Gasteiger partial charge in [-0.15, -0.1) is 0 Å². The van der Waals surface area contributed by atoms with Gasteiger partial charge in [0.2, 0.25) is 0 Å². The Bertz CT molecular complexity index is 450. The summed E-state index contributed by atoms with van der Waals surface area (Å²) in [6.45, 7) is 2.96. The van der Waals surface area contributed by atoms with Gasteiger partial charge in [0, 0.05) is 12.7 Å². The largest absolute Gasteiger partial charge is 0.491 e. The first kappa shape index (κ1) is 14.8. The van der Waals surface area contributed by atoms with Gasteiger partial charge in [-0.05, 0) is 44.2 Å². The molecule has 1 aromatic rings. The Morgan fingerprint density at radius 2 is 2.40 bits per heavy atom. The number of hydrogen-bond donors (Lipinski definition) is 2. The molecule has 0 saturated heterocycles. The molecule has 110 valence electrons. The maximum Gasteiger partial charge on any atom is 0.273 e. The van der Waals surface area contributed by atoms with Gasteiger partial charge in [-0.25, -0.2) is 4.98 Å². The van der Waals surface area contributed by atoms with Gasteiger partial charge in [-0.1, -0.05) is 6.42 Å². The minimum atomic E-state index is -0.223. The summed E-state index contributed by atoms with van der Waals surface area (Å²) in [6, 6.07) is 3.50. The number of aromatic nitrogens is 1. The monoisotopic (exact) mass is 278 g/mol. The van der Waals surface area contributed by atoms with Crippen LogP contribution in [0.25, 0.3) is 0 Å². The highest BCUT2D eigenvalue weighted by Crippen LogP contribution is 2.23. The molecule has 1 saturated carbocycles. The molecule has 0 spiro atoms. The van der Waals surface area contributed by atoms with Gasteiger partial charge in [0.15, 0.2) is 11.4 Å². The number of amides is 1. The number of aliphatic hydroxyl groups is 1. The molecule has 1 heterocycles. The van der Waals surface area contributed by atoms with E-state index in [1.165, 1.54) is 0 Å². The highest BCUT2D eigenvalue weighted by Gasteiger charge is 2.21. The highest BCUT2D eigenvalue weighted by molar-refractivity contribution is 5.94. The van der Waals surface area contributed by atoms with Crippen LogP contribution in [0.3, 0.4) is 0 Å². The fourth-order valence-electron chi connectivity index (χ4n) is 2.60. The Balaban J connectivity index is 1.91. The predicted molar refractivity (Wildman–Crippen MR) is 75.7 cm³/mol. The summed E-state index contributed by atoms with van der Waals surface area (Å²) in [5, 5.41) is 12.5. The second-order valence-corrected chi connectivity index (χ2v) is 5.18.